The molecule has 2 bridgehead atoms. The summed E-state index contributed by atoms with van der Waals surface area (Å²) in [6, 6.07) is 5.22. The highest BCUT2D eigenvalue weighted by atomic mass is 16.7. The topological polar surface area (TPSA) is 84.9 Å². The van der Waals surface area contributed by atoms with E-state index in [1.165, 1.54) is 0 Å². The van der Waals surface area contributed by atoms with Crippen LogP contribution < -0.4 is 14.8 Å². The van der Waals surface area contributed by atoms with Gasteiger partial charge in [0.05, 0.1) is 11.8 Å². The highest BCUT2D eigenvalue weighted by Gasteiger charge is 2.50. The van der Waals surface area contributed by atoms with Gasteiger partial charge in [0.25, 0.3) is 0 Å². The minimum absolute atomic E-state index is 0.130. The second-order valence-electron chi connectivity index (χ2n) is 6.62. The lowest BCUT2D eigenvalue weighted by molar-refractivity contribution is -0.156. The van der Waals surface area contributed by atoms with Crippen LogP contribution in [0.4, 0.5) is 5.69 Å². The van der Waals surface area contributed by atoms with Gasteiger partial charge in [-0.05, 0) is 49.7 Å². The maximum Gasteiger partial charge on any atom is 0.307 e. The van der Waals surface area contributed by atoms with E-state index in [1.807, 2.05) is 0 Å². The van der Waals surface area contributed by atoms with Crippen LogP contribution in [-0.2, 0) is 9.59 Å². The van der Waals surface area contributed by atoms with Crippen molar-refractivity contribution in [1.82, 2.24) is 0 Å². The molecule has 6 nitrogen and oxygen atoms in total. The Labute approximate surface area is 133 Å². The molecule has 3 saturated carbocycles. The predicted octanol–water partition coefficient (Wildman–Crippen LogP) is 2.49. The summed E-state index contributed by atoms with van der Waals surface area (Å²) >= 11 is 0. The zero-order valence-electron chi connectivity index (χ0n) is 12.7. The fourth-order valence-corrected chi connectivity index (χ4v) is 4.38. The third kappa shape index (κ3) is 2.42. The summed E-state index contributed by atoms with van der Waals surface area (Å²) < 4.78 is 10.6. The Hall–Kier alpha value is -2.24. The quantitative estimate of drug-likeness (QED) is 0.894. The molecule has 0 spiro atoms. The van der Waals surface area contributed by atoms with Gasteiger partial charge in [0.15, 0.2) is 11.5 Å². The molecule has 4 aliphatic rings. The van der Waals surface area contributed by atoms with E-state index in [4.69, 9.17) is 9.47 Å². The molecule has 122 valence electrons. The molecule has 1 aliphatic heterocycles. The van der Waals surface area contributed by atoms with Gasteiger partial charge in [0.1, 0.15) is 0 Å². The summed E-state index contributed by atoms with van der Waals surface area (Å²) in [5.41, 5.74) is 0.616. The second kappa shape index (κ2) is 5.44. The maximum atomic E-state index is 12.7. The van der Waals surface area contributed by atoms with Gasteiger partial charge in [-0.15, -0.1) is 0 Å². The molecule has 23 heavy (non-hydrogen) atoms. The highest BCUT2D eigenvalue weighted by Crippen LogP contribution is 2.49. The molecular formula is C17H19NO5. The van der Waals surface area contributed by atoms with Crippen LogP contribution in [0.25, 0.3) is 0 Å². The number of ether oxygens (including phenoxy) is 2. The van der Waals surface area contributed by atoms with Gasteiger partial charge in [-0.2, -0.15) is 0 Å². The number of benzene rings is 1. The summed E-state index contributed by atoms with van der Waals surface area (Å²) in [4.78, 5) is 24.4. The first-order valence-corrected chi connectivity index (χ1v) is 8.07. The van der Waals surface area contributed by atoms with Crippen LogP contribution in [0.5, 0.6) is 11.5 Å². The van der Waals surface area contributed by atoms with E-state index in [1.54, 1.807) is 18.2 Å². The summed E-state index contributed by atoms with van der Waals surface area (Å²) in [5.74, 6) is -0.469. The van der Waals surface area contributed by atoms with Crippen molar-refractivity contribution in [2.45, 2.75) is 25.7 Å². The molecule has 1 amide bonds. The van der Waals surface area contributed by atoms with Crippen molar-refractivity contribution >= 4 is 17.6 Å². The zero-order valence-corrected chi connectivity index (χ0v) is 12.7. The van der Waals surface area contributed by atoms with E-state index < -0.39 is 17.8 Å². The summed E-state index contributed by atoms with van der Waals surface area (Å²) in [6.07, 6.45) is 3.76. The first kappa shape index (κ1) is 14.4. The number of aliphatic carboxylic acids is 1. The number of rotatable bonds is 3. The lowest BCUT2D eigenvalue weighted by Gasteiger charge is -2.45. The minimum atomic E-state index is -0.842. The number of hydrogen-bond acceptors (Lipinski definition) is 4. The number of carbonyl (C=O) groups is 2. The molecule has 0 radical (unpaired) electrons. The zero-order chi connectivity index (χ0) is 16.0. The fourth-order valence-electron chi connectivity index (χ4n) is 4.38. The van der Waals surface area contributed by atoms with Gasteiger partial charge >= 0.3 is 5.97 Å². The van der Waals surface area contributed by atoms with Crippen LogP contribution in [-0.4, -0.2) is 23.8 Å². The molecule has 1 aromatic rings. The molecular weight excluding hydrogens is 298 g/mol. The average Bonchev–Trinajstić information content (AvgIpc) is 3.02. The first-order chi connectivity index (χ1) is 11.1. The highest BCUT2D eigenvalue weighted by molar-refractivity contribution is 5.96. The van der Waals surface area contributed by atoms with Crippen molar-refractivity contribution in [2.75, 3.05) is 12.1 Å². The third-order valence-corrected chi connectivity index (χ3v) is 5.45. The Kier molecular flexibility index (Phi) is 3.39. The van der Waals surface area contributed by atoms with Crippen LogP contribution >= 0.6 is 0 Å². The predicted molar refractivity (Wildman–Crippen MR) is 81.3 cm³/mol. The van der Waals surface area contributed by atoms with Gasteiger partial charge in [0.2, 0.25) is 12.7 Å². The molecule has 3 fully saturated rings. The van der Waals surface area contributed by atoms with Crippen LogP contribution in [0.2, 0.25) is 0 Å². The molecule has 5 rings (SSSR count). The van der Waals surface area contributed by atoms with Crippen molar-refractivity contribution in [3.05, 3.63) is 18.2 Å². The Bertz CT molecular complexity index is 650. The number of carbonyl (C=O) groups excluding carboxylic acids is 1. The normalized spacial score (nSPS) is 31.0. The fraction of sp³-hybridized carbons (Fsp3) is 0.529. The Balaban J connectivity index is 1.54. The van der Waals surface area contributed by atoms with Crippen molar-refractivity contribution < 1.29 is 24.2 Å². The van der Waals surface area contributed by atoms with Crippen molar-refractivity contribution in [2.24, 2.45) is 23.7 Å². The molecule has 3 aliphatic carbocycles. The van der Waals surface area contributed by atoms with Crippen LogP contribution in [0.1, 0.15) is 25.7 Å². The van der Waals surface area contributed by atoms with Crippen LogP contribution in [0, 0.1) is 23.7 Å². The first-order valence-electron chi connectivity index (χ1n) is 8.07. The minimum Gasteiger partial charge on any atom is -0.481 e. The maximum absolute atomic E-state index is 12.7. The molecule has 1 heterocycles. The number of nitrogens with one attached hydrogen (secondary N) is 1. The van der Waals surface area contributed by atoms with E-state index in [9.17, 15) is 14.7 Å². The molecule has 0 saturated heterocycles. The number of carboxylic acids is 1. The van der Waals surface area contributed by atoms with E-state index in [2.05, 4.69) is 5.32 Å². The lowest BCUT2D eigenvalue weighted by Crippen LogP contribution is -2.49. The van der Waals surface area contributed by atoms with E-state index >= 15 is 0 Å². The van der Waals surface area contributed by atoms with Crippen LogP contribution in [0.3, 0.4) is 0 Å². The molecule has 2 N–H and O–H groups in total. The largest absolute Gasteiger partial charge is 0.481 e. The van der Waals surface area contributed by atoms with Gasteiger partial charge in [-0.25, -0.2) is 0 Å². The summed E-state index contributed by atoms with van der Waals surface area (Å²) in [6.45, 7) is 0.181. The SMILES string of the molecule is O=C(O)C1C2CCC(CC2)C1C(=O)Nc1ccc2c(c1)OCO2. The van der Waals surface area contributed by atoms with E-state index in [0.29, 0.717) is 17.2 Å². The number of fused-ring (bicyclic) bond motifs is 4. The third-order valence-electron chi connectivity index (χ3n) is 5.45. The number of amides is 1. The lowest BCUT2D eigenvalue weighted by atomic mass is 9.58. The van der Waals surface area contributed by atoms with Gasteiger partial charge < -0.3 is 19.9 Å². The van der Waals surface area contributed by atoms with E-state index in [-0.39, 0.29) is 24.5 Å². The molecule has 0 aromatic heterocycles. The Morgan fingerprint density at radius 3 is 2.35 bits per heavy atom. The second-order valence-corrected chi connectivity index (χ2v) is 6.62. The molecule has 6 heteroatoms. The van der Waals surface area contributed by atoms with Crippen molar-refractivity contribution in [1.29, 1.82) is 0 Å². The molecule has 1 aromatic carbocycles. The summed E-state index contributed by atoms with van der Waals surface area (Å²) in [7, 11) is 0. The standard InChI is InChI=1S/C17H19NO5/c19-16(18-11-5-6-12-13(7-11)23-8-22-12)14-9-1-3-10(4-2-9)15(14)17(20)21/h5-7,9-10,14-15H,1-4,8H2,(H,18,19)(H,20,21). The Morgan fingerprint density at radius 1 is 1.00 bits per heavy atom. The molecule has 2 unspecified atom stereocenters. The number of anilines is 1. The monoisotopic (exact) mass is 317 g/mol. The van der Waals surface area contributed by atoms with Gasteiger partial charge in [-0.3, -0.25) is 9.59 Å². The number of hydrogen-bond donors (Lipinski definition) is 2. The molecule has 2 atom stereocenters. The van der Waals surface area contributed by atoms with Crippen LogP contribution in [0.15, 0.2) is 18.2 Å². The smallest absolute Gasteiger partial charge is 0.307 e. The average molecular weight is 317 g/mol. The van der Waals surface area contributed by atoms with Gasteiger partial charge in [-0.1, -0.05) is 0 Å². The van der Waals surface area contributed by atoms with Crippen molar-refractivity contribution in [3.8, 4) is 11.5 Å². The van der Waals surface area contributed by atoms with Gasteiger partial charge in [0, 0.05) is 11.8 Å². The summed E-state index contributed by atoms with van der Waals surface area (Å²) in [5, 5.41) is 12.4. The van der Waals surface area contributed by atoms with Crippen molar-refractivity contribution in [3.63, 3.8) is 0 Å². The Morgan fingerprint density at radius 2 is 1.65 bits per heavy atom. The van der Waals surface area contributed by atoms with E-state index in [0.717, 1.165) is 25.7 Å². The number of carboxylic acid groups (broad SMARTS) is 1.